The van der Waals surface area contributed by atoms with Crippen LogP contribution in [0.25, 0.3) is 0 Å². The fraction of sp³-hybridized carbons (Fsp3) is 0.333. The van der Waals surface area contributed by atoms with Crippen molar-refractivity contribution in [2.24, 2.45) is 0 Å². The maximum absolute atomic E-state index is 13.9. The number of alkyl halides is 6. The monoisotopic (exact) mass is 372 g/mol. The van der Waals surface area contributed by atoms with E-state index < -0.39 is 52.5 Å². The molecule has 136 valence electrons. The number of benzene rings is 1. The van der Waals surface area contributed by atoms with E-state index in [1.165, 1.54) is 6.92 Å². The molecule has 0 atom stereocenters. The summed E-state index contributed by atoms with van der Waals surface area (Å²) < 4.78 is 89.8. The van der Waals surface area contributed by atoms with Crippen LogP contribution in [0.1, 0.15) is 22.8 Å². The molecule has 1 aromatic heterocycles. The number of nitro groups is 1. The van der Waals surface area contributed by atoms with Crippen molar-refractivity contribution in [2.75, 3.05) is 0 Å². The van der Waals surface area contributed by atoms with E-state index in [0.29, 0.717) is 6.07 Å². The lowest BCUT2D eigenvalue weighted by Gasteiger charge is -2.10. The summed E-state index contributed by atoms with van der Waals surface area (Å²) in [6.45, 7) is 0.164. The van der Waals surface area contributed by atoms with E-state index in [-0.39, 0.29) is 10.2 Å². The van der Waals surface area contributed by atoms with Crippen LogP contribution in [0.15, 0.2) is 12.1 Å². The summed E-state index contributed by atoms with van der Waals surface area (Å²) in [7, 11) is 0. The molecule has 0 aliphatic carbocycles. The van der Waals surface area contributed by atoms with Gasteiger partial charge in [0, 0.05) is 11.1 Å². The van der Waals surface area contributed by atoms with Gasteiger partial charge in [0.25, 0.3) is 11.5 Å². The number of aromatic nitrogens is 3. The lowest BCUT2D eigenvalue weighted by Crippen LogP contribution is -2.17. The Labute approximate surface area is 134 Å². The number of hydrogen-bond acceptors (Lipinski definition) is 4. The van der Waals surface area contributed by atoms with Gasteiger partial charge < -0.3 is 0 Å². The highest BCUT2D eigenvalue weighted by atomic mass is 19.4. The second-order valence-corrected chi connectivity index (χ2v) is 4.90. The smallest absolute Gasteiger partial charge is 0.258 e. The zero-order valence-corrected chi connectivity index (χ0v) is 12.1. The minimum absolute atomic E-state index is 0.0777. The quantitative estimate of drug-likeness (QED) is 0.468. The summed E-state index contributed by atoms with van der Waals surface area (Å²) in [5.41, 5.74) is -1.20. The Morgan fingerprint density at radius 2 is 1.76 bits per heavy atom. The van der Waals surface area contributed by atoms with Crippen molar-refractivity contribution in [1.29, 1.82) is 0 Å². The highest BCUT2D eigenvalue weighted by Crippen LogP contribution is 2.33. The molecular weight excluding hydrogens is 365 g/mol. The highest BCUT2D eigenvalue weighted by Gasteiger charge is 2.44. The van der Waals surface area contributed by atoms with Crippen LogP contribution >= 0.6 is 0 Å². The van der Waals surface area contributed by atoms with Gasteiger partial charge in [-0.3, -0.25) is 10.1 Å². The standard InChI is InChI=1S/C12H7F7N4O2/c1-5-2-6(7(13)3-8(5)23(24)25)4-22-10(12(17,18)19)20-9(21-22)11(14,15)16/h2-3H,4H2,1H3. The molecule has 0 saturated heterocycles. The number of nitro benzene ring substituents is 1. The van der Waals surface area contributed by atoms with Crippen LogP contribution in [-0.2, 0) is 18.9 Å². The summed E-state index contributed by atoms with van der Waals surface area (Å²) in [6.07, 6.45) is -10.5. The van der Waals surface area contributed by atoms with E-state index in [1.807, 2.05) is 0 Å². The molecule has 1 heterocycles. The normalized spacial score (nSPS) is 12.5. The molecule has 13 heteroatoms. The molecule has 1 aromatic carbocycles. The molecule has 0 aliphatic heterocycles. The second-order valence-electron chi connectivity index (χ2n) is 4.90. The summed E-state index contributed by atoms with van der Waals surface area (Å²) in [5, 5.41) is 13.4. The van der Waals surface area contributed by atoms with E-state index >= 15 is 0 Å². The second kappa shape index (κ2) is 5.97. The van der Waals surface area contributed by atoms with Crippen molar-refractivity contribution < 1.29 is 35.7 Å². The number of rotatable bonds is 3. The van der Waals surface area contributed by atoms with Gasteiger partial charge in [0.15, 0.2) is 0 Å². The van der Waals surface area contributed by atoms with Gasteiger partial charge in [-0.05, 0) is 13.0 Å². The Hall–Kier alpha value is -2.73. The molecule has 0 radical (unpaired) electrons. The first kappa shape index (κ1) is 18.6. The van der Waals surface area contributed by atoms with Gasteiger partial charge in [0.2, 0.25) is 5.82 Å². The van der Waals surface area contributed by atoms with E-state index in [9.17, 15) is 40.8 Å². The maximum atomic E-state index is 13.9. The molecule has 0 unspecified atom stereocenters. The third kappa shape index (κ3) is 3.85. The number of aryl methyl sites for hydroxylation is 1. The largest absolute Gasteiger partial charge is 0.453 e. The molecule has 2 rings (SSSR count). The highest BCUT2D eigenvalue weighted by molar-refractivity contribution is 5.42. The van der Waals surface area contributed by atoms with Gasteiger partial charge in [-0.15, -0.1) is 5.10 Å². The van der Waals surface area contributed by atoms with Crippen LogP contribution < -0.4 is 0 Å². The van der Waals surface area contributed by atoms with Crippen LogP contribution in [0, 0.1) is 22.9 Å². The third-order valence-electron chi connectivity index (χ3n) is 3.06. The number of hydrogen-bond donors (Lipinski definition) is 0. The zero-order valence-electron chi connectivity index (χ0n) is 12.1. The fourth-order valence-electron chi connectivity index (χ4n) is 1.99. The SMILES string of the molecule is Cc1cc(Cn2nc(C(F)(F)F)nc2C(F)(F)F)c(F)cc1[N+](=O)[O-]. The first-order chi connectivity index (χ1) is 11.3. The third-order valence-corrected chi connectivity index (χ3v) is 3.06. The Morgan fingerprint density at radius 1 is 1.16 bits per heavy atom. The predicted octanol–water partition coefficient (Wildman–Crippen LogP) is 3.72. The van der Waals surface area contributed by atoms with Crippen molar-refractivity contribution in [3.05, 3.63) is 50.8 Å². The Kier molecular flexibility index (Phi) is 4.44. The molecule has 6 nitrogen and oxygen atoms in total. The van der Waals surface area contributed by atoms with Crippen LogP contribution in [0.4, 0.5) is 36.4 Å². The van der Waals surface area contributed by atoms with Crippen molar-refractivity contribution in [3.8, 4) is 0 Å². The summed E-state index contributed by atoms with van der Waals surface area (Å²) in [6, 6.07) is 1.34. The first-order valence-electron chi connectivity index (χ1n) is 6.33. The van der Waals surface area contributed by atoms with Crippen molar-refractivity contribution in [2.45, 2.75) is 25.8 Å². The number of halogens is 7. The Morgan fingerprint density at radius 3 is 2.24 bits per heavy atom. The lowest BCUT2D eigenvalue weighted by molar-refractivity contribution is -0.385. The van der Waals surface area contributed by atoms with Crippen molar-refractivity contribution in [3.63, 3.8) is 0 Å². The minimum Gasteiger partial charge on any atom is -0.258 e. The molecule has 25 heavy (non-hydrogen) atoms. The number of nitrogens with zero attached hydrogens (tertiary/aromatic N) is 4. The van der Waals surface area contributed by atoms with Gasteiger partial charge in [-0.2, -0.15) is 31.3 Å². The summed E-state index contributed by atoms with van der Waals surface area (Å²) in [5.74, 6) is -5.25. The lowest BCUT2D eigenvalue weighted by atomic mass is 10.1. The molecular formula is C12H7F7N4O2. The maximum Gasteiger partial charge on any atom is 0.453 e. The van der Waals surface area contributed by atoms with Gasteiger partial charge in [-0.25, -0.2) is 9.07 Å². The zero-order chi connectivity index (χ0) is 19.2. The first-order valence-corrected chi connectivity index (χ1v) is 6.33. The fourth-order valence-corrected chi connectivity index (χ4v) is 1.99. The van der Waals surface area contributed by atoms with Crippen molar-refractivity contribution in [1.82, 2.24) is 14.8 Å². The Bertz CT molecular complexity index is 826. The van der Waals surface area contributed by atoms with Gasteiger partial charge in [0.05, 0.1) is 17.5 Å². The topological polar surface area (TPSA) is 73.8 Å². The van der Waals surface area contributed by atoms with Gasteiger partial charge >= 0.3 is 12.4 Å². The van der Waals surface area contributed by atoms with E-state index in [1.54, 1.807) is 0 Å². The van der Waals surface area contributed by atoms with E-state index in [0.717, 1.165) is 6.07 Å². The Balaban J connectivity index is 2.52. The summed E-state index contributed by atoms with van der Waals surface area (Å²) in [4.78, 5) is 12.2. The summed E-state index contributed by atoms with van der Waals surface area (Å²) >= 11 is 0. The van der Waals surface area contributed by atoms with Crippen LogP contribution in [-0.4, -0.2) is 19.7 Å². The van der Waals surface area contributed by atoms with Crippen LogP contribution in [0.3, 0.4) is 0 Å². The molecule has 0 saturated carbocycles. The molecule has 0 spiro atoms. The van der Waals surface area contributed by atoms with E-state index in [2.05, 4.69) is 10.1 Å². The predicted molar refractivity (Wildman–Crippen MR) is 66.9 cm³/mol. The molecule has 0 N–H and O–H groups in total. The average Bonchev–Trinajstić information content (AvgIpc) is 2.86. The van der Waals surface area contributed by atoms with Crippen molar-refractivity contribution >= 4 is 5.69 Å². The molecule has 0 bridgehead atoms. The average molecular weight is 372 g/mol. The molecule has 2 aromatic rings. The van der Waals surface area contributed by atoms with Crippen LogP contribution in [0.5, 0.6) is 0 Å². The molecule has 0 amide bonds. The van der Waals surface area contributed by atoms with Gasteiger partial charge in [0.1, 0.15) is 5.82 Å². The molecule has 0 aliphatic rings. The van der Waals surface area contributed by atoms with Crippen LogP contribution in [0.2, 0.25) is 0 Å². The molecule has 0 fully saturated rings. The minimum atomic E-state index is -5.26. The van der Waals surface area contributed by atoms with E-state index in [4.69, 9.17) is 0 Å². The van der Waals surface area contributed by atoms with Gasteiger partial charge in [-0.1, -0.05) is 0 Å².